The molecule has 0 saturated heterocycles. The molecule has 6 nitrogen and oxygen atoms in total. The predicted octanol–water partition coefficient (Wildman–Crippen LogP) is 5.35. The molecule has 3 rings (SSSR count). The van der Waals surface area contributed by atoms with Gasteiger partial charge in [0.05, 0.1) is 42.7 Å². The van der Waals surface area contributed by atoms with Crippen molar-refractivity contribution < 1.29 is 9.47 Å². The number of rotatable bonds is 4. The molecule has 1 aromatic carbocycles. The van der Waals surface area contributed by atoms with Crippen LogP contribution in [-0.4, -0.2) is 13.2 Å². The minimum absolute atomic E-state index is 0.0406. The van der Waals surface area contributed by atoms with E-state index in [1.807, 2.05) is 38.1 Å². The molecule has 1 aromatic rings. The van der Waals surface area contributed by atoms with Crippen LogP contribution in [0.5, 0.6) is 11.5 Å². The van der Waals surface area contributed by atoms with Gasteiger partial charge in [-0.05, 0) is 67.2 Å². The standard InChI is InChI=1S/C27H32N4O2/c1-16(2)33-23-11-17(7-10-22(23)32-6)24-19-12-18(26(3,4)5)8-9-21(19)27(14-29,15-30)25(31)20(24)13-28/h7,9-11,16,18-19,24H,8,12,31H2,1-6H3/t18-,19-,24+/m0/s1. The van der Waals surface area contributed by atoms with Crippen LogP contribution >= 0.6 is 0 Å². The van der Waals surface area contributed by atoms with Gasteiger partial charge in [0.15, 0.2) is 11.5 Å². The zero-order chi connectivity index (χ0) is 24.6. The highest BCUT2D eigenvalue weighted by Gasteiger charge is 2.53. The maximum atomic E-state index is 10.2. The number of nitriles is 3. The Labute approximate surface area is 196 Å². The lowest BCUT2D eigenvalue weighted by atomic mass is 9.55. The van der Waals surface area contributed by atoms with E-state index in [1.165, 1.54) is 0 Å². The van der Waals surface area contributed by atoms with E-state index >= 15 is 0 Å². The van der Waals surface area contributed by atoms with Crippen LogP contribution in [0.15, 0.2) is 41.1 Å². The molecule has 0 aromatic heterocycles. The van der Waals surface area contributed by atoms with Gasteiger partial charge in [0, 0.05) is 5.92 Å². The molecule has 0 saturated carbocycles. The Kier molecular flexibility index (Phi) is 6.49. The van der Waals surface area contributed by atoms with Crippen molar-refractivity contribution in [1.29, 1.82) is 15.8 Å². The summed E-state index contributed by atoms with van der Waals surface area (Å²) in [6, 6.07) is 12.2. The van der Waals surface area contributed by atoms with Crippen molar-refractivity contribution >= 4 is 0 Å². The highest BCUT2D eigenvalue weighted by molar-refractivity contribution is 5.59. The first-order chi connectivity index (χ1) is 15.5. The van der Waals surface area contributed by atoms with Gasteiger partial charge in [-0.1, -0.05) is 32.9 Å². The minimum atomic E-state index is -1.61. The molecule has 6 heteroatoms. The average Bonchev–Trinajstić information content (AvgIpc) is 2.77. The Morgan fingerprint density at radius 1 is 1.12 bits per heavy atom. The van der Waals surface area contributed by atoms with Gasteiger partial charge in [-0.3, -0.25) is 0 Å². The Hall–Kier alpha value is -3.43. The van der Waals surface area contributed by atoms with Crippen LogP contribution in [0.25, 0.3) is 0 Å². The van der Waals surface area contributed by atoms with Crippen LogP contribution in [0.4, 0.5) is 0 Å². The van der Waals surface area contributed by atoms with Crippen LogP contribution in [0.2, 0.25) is 0 Å². The van der Waals surface area contributed by atoms with E-state index in [-0.39, 0.29) is 34.6 Å². The number of benzene rings is 1. The molecule has 0 spiro atoms. The smallest absolute Gasteiger partial charge is 0.204 e. The SMILES string of the molecule is COc1ccc([C@H]2C(C#N)=C(N)C(C#N)(C#N)C3=CC[C@H](C(C)(C)C)C[C@@H]32)cc1OC(C)C. The molecule has 0 heterocycles. The van der Waals surface area contributed by atoms with Crippen molar-refractivity contribution in [3.8, 4) is 29.7 Å². The maximum Gasteiger partial charge on any atom is 0.204 e. The fourth-order valence-corrected chi connectivity index (χ4v) is 5.17. The van der Waals surface area contributed by atoms with Crippen molar-refractivity contribution in [2.75, 3.05) is 7.11 Å². The van der Waals surface area contributed by atoms with Gasteiger partial charge in [0.2, 0.25) is 5.41 Å². The lowest BCUT2D eigenvalue weighted by Crippen LogP contribution is -2.43. The molecule has 172 valence electrons. The monoisotopic (exact) mass is 444 g/mol. The molecule has 0 amide bonds. The van der Waals surface area contributed by atoms with Crippen LogP contribution < -0.4 is 15.2 Å². The Morgan fingerprint density at radius 3 is 2.30 bits per heavy atom. The van der Waals surface area contributed by atoms with Crippen molar-refractivity contribution in [3.63, 3.8) is 0 Å². The second-order valence-electron chi connectivity index (χ2n) is 10.3. The molecule has 0 aliphatic heterocycles. The van der Waals surface area contributed by atoms with Crippen LogP contribution in [-0.2, 0) is 0 Å². The fourth-order valence-electron chi connectivity index (χ4n) is 5.17. The molecular formula is C27H32N4O2. The average molecular weight is 445 g/mol. The van der Waals surface area contributed by atoms with Crippen molar-refractivity contribution in [2.24, 2.45) is 28.4 Å². The zero-order valence-corrected chi connectivity index (χ0v) is 20.3. The summed E-state index contributed by atoms with van der Waals surface area (Å²) in [4.78, 5) is 0. The normalized spacial score (nSPS) is 24.1. The molecule has 0 bridgehead atoms. The number of nitrogens with two attached hydrogens (primary N) is 1. The van der Waals surface area contributed by atoms with Gasteiger partial charge >= 0.3 is 0 Å². The number of hydrogen-bond acceptors (Lipinski definition) is 6. The lowest BCUT2D eigenvalue weighted by molar-refractivity contribution is 0.180. The van der Waals surface area contributed by atoms with Gasteiger partial charge in [0.1, 0.15) is 0 Å². The topological polar surface area (TPSA) is 116 Å². The molecule has 0 unspecified atom stereocenters. The van der Waals surface area contributed by atoms with E-state index in [4.69, 9.17) is 15.2 Å². The first-order valence-corrected chi connectivity index (χ1v) is 11.3. The van der Waals surface area contributed by atoms with E-state index in [2.05, 4.69) is 39.0 Å². The van der Waals surface area contributed by atoms with Crippen LogP contribution in [0, 0.1) is 56.7 Å². The van der Waals surface area contributed by atoms with Gasteiger partial charge in [-0.2, -0.15) is 15.8 Å². The third kappa shape index (κ3) is 4.05. The number of allylic oxidation sites excluding steroid dienone is 3. The molecule has 0 fully saturated rings. The van der Waals surface area contributed by atoms with Crippen molar-refractivity contribution in [1.82, 2.24) is 0 Å². The van der Waals surface area contributed by atoms with Crippen molar-refractivity contribution in [2.45, 2.75) is 59.5 Å². The zero-order valence-electron chi connectivity index (χ0n) is 20.3. The van der Waals surface area contributed by atoms with E-state index in [1.54, 1.807) is 7.11 Å². The number of methoxy groups -OCH3 is 1. The van der Waals surface area contributed by atoms with Gasteiger partial charge in [0.25, 0.3) is 0 Å². The summed E-state index contributed by atoms with van der Waals surface area (Å²) in [5.41, 5.74) is 6.77. The van der Waals surface area contributed by atoms with Crippen LogP contribution in [0.3, 0.4) is 0 Å². The molecule has 0 radical (unpaired) electrons. The van der Waals surface area contributed by atoms with E-state index < -0.39 is 5.41 Å². The minimum Gasteiger partial charge on any atom is -0.493 e. The van der Waals surface area contributed by atoms with E-state index in [0.29, 0.717) is 17.4 Å². The largest absolute Gasteiger partial charge is 0.493 e. The second-order valence-corrected chi connectivity index (χ2v) is 10.3. The third-order valence-corrected chi connectivity index (χ3v) is 6.99. The fraction of sp³-hybridized carbons (Fsp3) is 0.519. The third-order valence-electron chi connectivity index (χ3n) is 6.99. The summed E-state index contributed by atoms with van der Waals surface area (Å²) < 4.78 is 11.5. The van der Waals surface area contributed by atoms with Gasteiger partial charge in [-0.25, -0.2) is 0 Å². The highest BCUT2D eigenvalue weighted by Crippen LogP contribution is 2.57. The molecule has 33 heavy (non-hydrogen) atoms. The van der Waals surface area contributed by atoms with Gasteiger partial charge in [-0.15, -0.1) is 0 Å². The molecule has 2 aliphatic rings. The Bertz CT molecular complexity index is 1100. The van der Waals surface area contributed by atoms with E-state index in [9.17, 15) is 15.8 Å². The highest BCUT2D eigenvalue weighted by atomic mass is 16.5. The van der Waals surface area contributed by atoms with Gasteiger partial charge < -0.3 is 15.2 Å². The predicted molar refractivity (Wildman–Crippen MR) is 126 cm³/mol. The first-order valence-electron chi connectivity index (χ1n) is 11.3. The number of fused-ring (bicyclic) bond motifs is 1. The Balaban J connectivity index is 2.28. The number of nitrogens with zero attached hydrogens (tertiary/aromatic N) is 3. The number of hydrogen-bond donors (Lipinski definition) is 1. The quantitative estimate of drug-likeness (QED) is 0.626. The Morgan fingerprint density at radius 2 is 1.79 bits per heavy atom. The summed E-state index contributed by atoms with van der Waals surface area (Å²) in [6.07, 6.45) is 3.50. The van der Waals surface area contributed by atoms with E-state index in [0.717, 1.165) is 24.0 Å². The molecule has 3 atom stereocenters. The van der Waals surface area contributed by atoms with Crippen molar-refractivity contribution in [3.05, 3.63) is 46.7 Å². The maximum absolute atomic E-state index is 10.2. The van der Waals surface area contributed by atoms with Crippen LogP contribution in [0.1, 0.15) is 58.9 Å². The summed E-state index contributed by atoms with van der Waals surface area (Å²) in [6.45, 7) is 10.5. The summed E-state index contributed by atoms with van der Waals surface area (Å²) >= 11 is 0. The first kappa shape index (κ1) is 24.2. The summed E-state index contributed by atoms with van der Waals surface area (Å²) in [5.74, 6) is 0.972. The number of ether oxygens (including phenoxy) is 2. The molecular weight excluding hydrogens is 412 g/mol. The molecule has 2 aliphatic carbocycles. The summed E-state index contributed by atoms with van der Waals surface area (Å²) in [7, 11) is 1.59. The molecule has 2 N–H and O–H groups in total. The second kappa shape index (κ2) is 8.84. The lowest BCUT2D eigenvalue weighted by Gasteiger charge is -2.46. The summed E-state index contributed by atoms with van der Waals surface area (Å²) in [5, 5.41) is 30.3.